The van der Waals surface area contributed by atoms with Crippen molar-refractivity contribution in [1.82, 2.24) is 5.32 Å². The van der Waals surface area contributed by atoms with Gasteiger partial charge in [0, 0.05) is 6.04 Å². The van der Waals surface area contributed by atoms with Crippen LogP contribution in [0.1, 0.15) is 38.2 Å². The Morgan fingerprint density at radius 1 is 1.33 bits per heavy atom. The first-order valence-corrected chi connectivity index (χ1v) is 8.04. The molecular weight excluding hydrogens is 318 g/mol. The van der Waals surface area contributed by atoms with Crippen LogP contribution in [-0.2, 0) is 9.63 Å². The molecule has 5 nitrogen and oxygen atoms in total. The Kier molecular flexibility index (Phi) is 6.96. The van der Waals surface area contributed by atoms with E-state index >= 15 is 0 Å². The van der Waals surface area contributed by atoms with Gasteiger partial charge < -0.3 is 14.9 Å². The molecule has 1 aromatic carbocycles. The number of rotatable bonds is 7. The molecular formula is C17H22F2N2O3. The number of carbonyl (C=O) groups excluding carboxylic acids is 1. The molecule has 0 bridgehead atoms. The van der Waals surface area contributed by atoms with Gasteiger partial charge in [0.15, 0.2) is 6.61 Å². The highest BCUT2D eigenvalue weighted by Crippen LogP contribution is 2.23. The third-order valence-corrected chi connectivity index (χ3v) is 4.04. The van der Waals surface area contributed by atoms with Crippen LogP contribution in [0.4, 0.5) is 8.78 Å². The summed E-state index contributed by atoms with van der Waals surface area (Å²) in [4.78, 5) is 16.8. The zero-order valence-corrected chi connectivity index (χ0v) is 13.6. The van der Waals surface area contributed by atoms with Gasteiger partial charge in [-0.2, -0.15) is 8.78 Å². The summed E-state index contributed by atoms with van der Waals surface area (Å²) in [6.45, 7) is -0.852. The number of ether oxygens (including phenoxy) is 1. The summed E-state index contributed by atoms with van der Waals surface area (Å²) in [5.41, 5.74) is 0.651. The summed E-state index contributed by atoms with van der Waals surface area (Å²) < 4.78 is 28.3. The van der Waals surface area contributed by atoms with Crippen LogP contribution in [0.3, 0.4) is 0 Å². The lowest BCUT2D eigenvalue weighted by Crippen LogP contribution is -2.42. The molecule has 132 valence electrons. The van der Waals surface area contributed by atoms with Gasteiger partial charge in [-0.05, 0) is 48.6 Å². The van der Waals surface area contributed by atoms with Gasteiger partial charge in [0.1, 0.15) is 5.75 Å². The SMILES string of the molecule is C[C@@H]1CCCC[C@@H]1NC(=O)CO/N=C\c1ccc(OC(F)F)cc1. The summed E-state index contributed by atoms with van der Waals surface area (Å²) in [6.07, 6.45) is 5.90. The number of benzene rings is 1. The number of nitrogens with one attached hydrogen (secondary N) is 1. The van der Waals surface area contributed by atoms with Crippen LogP contribution in [0.2, 0.25) is 0 Å². The van der Waals surface area contributed by atoms with Crippen molar-refractivity contribution < 1.29 is 23.1 Å². The minimum absolute atomic E-state index is 0.0732. The first-order valence-electron chi connectivity index (χ1n) is 8.04. The smallest absolute Gasteiger partial charge is 0.387 e. The summed E-state index contributed by atoms with van der Waals surface area (Å²) >= 11 is 0. The lowest BCUT2D eigenvalue weighted by atomic mass is 9.86. The predicted octanol–water partition coefficient (Wildman–Crippen LogP) is 3.33. The van der Waals surface area contributed by atoms with E-state index < -0.39 is 6.61 Å². The van der Waals surface area contributed by atoms with E-state index in [2.05, 4.69) is 22.1 Å². The minimum Gasteiger partial charge on any atom is -0.435 e. The topological polar surface area (TPSA) is 59.9 Å². The van der Waals surface area contributed by atoms with Gasteiger partial charge in [-0.1, -0.05) is 24.9 Å². The second-order valence-electron chi connectivity index (χ2n) is 5.89. The molecule has 1 aliphatic carbocycles. The Balaban J connectivity index is 1.70. The van der Waals surface area contributed by atoms with Crippen LogP contribution in [0, 0.1) is 5.92 Å². The highest BCUT2D eigenvalue weighted by molar-refractivity contribution is 5.80. The van der Waals surface area contributed by atoms with Crippen LogP contribution in [0.15, 0.2) is 29.4 Å². The summed E-state index contributed by atoms with van der Waals surface area (Å²) in [5, 5.41) is 6.68. The van der Waals surface area contributed by atoms with E-state index in [1.165, 1.54) is 24.8 Å². The van der Waals surface area contributed by atoms with Crippen LogP contribution in [0.5, 0.6) is 5.75 Å². The molecule has 0 radical (unpaired) electrons. The third-order valence-electron chi connectivity index (χ3n) is 4.04. The number of halogens is 2. The van der Waals surface area contributed by atoms with Crippen LogP contribution in [0.25, 0.3) is 0 Å². The minimum atomic E-state index is -2.85. The summed E-state index contributed by atoms with van der Waals surface area (Å²) in [7, 11) is 0. The Morgan fingerprint density at radius 2 is 2.04 bits per heavy atom. The Bertz CT molecular complexity index is 549. The molecule has 0 saturated heterocycles. The average molecular weight is 340 g/mol. The number of oxime groups is 1. The molecule has 1 aromatic rings. The number of hydrogen-bond acceptors (Lipinski definition) is 4. The van der Waals surface area contributed by atoms with Crippen molar-refractivity contribution >= 4 is 12.1 Å². The number of alkyl halides is 2. The molecule has 0 spiro atoms. The van der Waals surface area contributed by atoms with Crippen molar-refractivity contribution in [3.63, 3.8) is 0 Å². The fraction of sp³-hybridized carbons (Fsp3) is 0.529. The van der Waals surface area contributed by atoms with Gasteiger partial charge in [-0.3, -0.25) is 4.79 Å². The molecule has 2 atom stereocenters. The van der Waals surface area contributed by atoms with Crippen molar-refractivity contribution in [1.29, 1.82) is 0 Å². The molecule has 7 heteroatoms. The quantitative estimate of drug-likeness (QED) is 0.612. The van der Waals surface area contributed by atoms with Crippen LogP contribution < -0.4 is 10.1 Å². The zero-order chi connectivity index (χ0) is 17.4. The molecule has 0 aromatic heterocycles. The maximum atomic E-state index is 12.0. The van der Waals surface area contributed by atoms with E-state index in [9.17, 15) is 13.6 Å². The van der Waals surface area contributed by atoms with Gasteiger partial charge in [-0.25, -0.2) is 0 Å². The van der Waals surface area contributed by atoms with Gasteiger partial charge in [0.05, 0.1) is 6.21 Å². The van der Waals surface area contributed by atoms with E-state index in [1.54, 1.807) is 12.1 Å². The summed E-state index contributed by atoms with van der Waals surface area (Å²) in [5.74, 6) is 0.371. The number of nitrogens with zero attached hydrogens (tertiary/aromatic N) is 1. The molecule has 0 aliphatic heterocycles. The average Bonchev–Trinajstić information content (AvgIpc) is 2.55. The lowest BCUT2D eigenvalue weighted by molar-refractivity contribution is -0.126. The highest BCUT2D eigenvalue weighted by atomic mass is 19.3. The molecule has 1 amide bonds. The van der Waals surface area contributed by atoms with E-state index in [1.807, 2.05) is 0 Å². The first kappa shape index (κ1) is 18.2. The van der Waals surface area contributed by atoms with Gasteiger partial charge >= 0.3 is 6.61 Å². The normalized spacial score (nSPS) is 21.0. The predicted molar refractivity (Wildman–Crippen MR) is 86.2 cm³/mol. The molecule has 1 saturated carbocycles. The third kappa shape index (κ3) is 6.14. The second kappa shape index (κ2) is 9.20. The number of hydrogen-bond donors (Lipinski definition) is 1. The molecule has 2 rings (SSSR count). The van der Waals surface area contributed by atoms with Crippen molar-refractivity contribution in [2.24, 2.45) is 11.1 Å². The molecule has 0 heterocycles. The molecule has 1 fully saturated rings. The number of amides is 1. The molecule has 24 heavy (non-hydrogen) atoms. The maximum absolute atomic E-state index is 12.0. The molecule has 1 N–H and O–H groups in total. The lowest BCUT2D eigenvalue weighted by Gasteiger charge is -2.29. The second-order valence-corrected chi connectivity index (χ2v) is 5.89. The van der Waals surface area contributed by atoms with E-state index in [4.69, 9.17) is 4.84 Å². The van der Waals surface area contributed by atoms with Crippen LogP contribution >= 0.6 is 0 Å². The van der Waals surface area contributed by atoms with Gasteiger partial charge in [0.2, 0.25) is 0 Å². The largest absolute Gasteiger partial charge is 0.435 e. The fourth-order valence-electron chi connectivity index (χ4n) is 2.71. The van der Waals surface area contributed by atoms with Crippen LogP contribution in [-0.4, -0.2) is 31.4 Å². The molecule has 1 aliphatic rings. The Hall–Kier alpha value is -2.18. The molecule has 0 unspecified atom stereocenters. The van der Waals surface area contributed by atoms with Crippen molar-refractivity contribution in [3.8, 4) is 5.75 Å². The monoisotopic (exact) mass is 340 g/mol. The maximum Gasteiger partial charge on any atom is 0.387 e. The Labute approximate surface area is 140 Å². The fourth-order valence-corrected chi connectivity index (χ4v) is 2.71. The van der Waals surface area contributed by atoms with E-state index in [-0.39, 0.29) is 24.3 Å². The zero-order valence-electron chi connectivity index (χ0n) is 13.6. The van der Waals surface area contributed by atoms with Gasteiger partial charge in [0.25, 0.3) is 5.91 Å². The highest BCUT2D eigenvalue weighted by Gasteiger charge is 2.22. The standard InChI is InChI=1S/C17H22F2N2O3/c1-12-4-2-3-5-15(12)21-16(22)11-23-20-10-13-6-8-14(9-7-13)24-17(18)19/h6-10,12,15,17H,2-5,11H2,1H3,(H,21,22)/b20-10-/t12-,15+/m1/s1. The van der Waals surface area contributed by atoms with Gasteiger partial charge in [-0.15, -0.1) is 0 Å². The van der Waals surface area contributed by atoms with E-state index in [0.29, 0.717) is 11.5 Å². The van der Waals surface area contributed by atoms with Crippen molar-refractivity contribution in [2.75, 3.05) is 6.61 Å². The Morgan fingerprint density at radius 3 is 2.71 bits per heavy atom. The van der Waals surface area contributed by atoms with Crippen molar-refractivity contribution in [3.05, 3.63) is 29.8 Å². The van der Waals surface area contributed by atoms with Crippen molar-refractivity contribution in [2.45, 2.75) is 45.3 Å². The summed E-state index contributed by atoms with van der Waals surface area (Å²) in [6, 6.07) is 6.15. The van der Waals surface area contributed by atoms with E-state index in [0.717, 1.165) is 19.3 Å². The first-order chi connectivity index (χ1) is 11.5. The number of carbonyl (C=O) groups is 1.